The fraction of sp³-hybridized carbons (Fsp3) is 0.455. The lowest BCUT2D eigenvalue weighted by Gasteiger charge is -2.27. The lowest BCUT2D eigenvalue weighted by molar-refractivity contribution is 0.0898. The van der Waals surface area contributed by atoms with Gasteiger partial charge in [-0.1, -0.05) is 26.0 Å². The number of benzene rings is 1. The average molecular weight is 366 g/mol. The monoisotopic (exact) mass is 366 g/mol. The highest BCUT2D eigenvalue weighted by Gasteiger charge is 2.37. The van der Waals surface area contributed by atoms with Crippen LogP contribution >= 0.6 is 0 Å². The molecule has 1 saturated heterocycles. The van der Waals surface area contributed by atoms with Crippen LogP contribution in [0.1, 0.15) is 65.3 Å². The summed E-state index contributed by atoms with van der Waals surface area (Å²) in [6.07, 6.45) is 3.50. The molecule has 0 bridgehead atoms. The summed E-state index contributed by atoms with van der Waals surface area (Å²) >= 11 is 0. The molecule has 1 aromatic heterocycles. The van der Waals surface area contributed by atoms with Crippen molar-refractivity contribution in [1.29, 1.82) is 0 Å². The average Bonchev–Trinajstić information content (AvgIpc) is 3.22. The molecule has 0 radical (unpaired) electrons. The highest BCUT2D eigenvalue weighted by molar-refractivity contribution is 6.08. The second-order valence-electron chi connectivity index (χ2n) is 8.46. The van der Waals surface area contributed by atoms with Gasteiger partial charge in [-0.05, 0) is 37.3 Å². The Morgan fingerprint density at radius 3 is 2.59 bits per heavy atom. The number of Topliss-reactive ketones (excluding diaryl/α,β-unsaturated/α-hetero) is 1. The fourth-order valence-electron chi connectivity index (χ4n) is 4.29. The van der Waals surface area contributed by atoms with Gasteiger partial charge < -0.3 is 14.6 Å². The highest BCUT2D eigenvalue weighted by Crippen LogP contribution is 2.38. The van der Waals surface area contributed by atoms with Crippen molar-refractivity contribution in [3.63, 3.8) is 0 Å². The van der Waals surface area contributed by atoms with E-state index in [1.807, 2.05) is 24.3 Å². The number of furan rings is 1. The van der Waals surface area contributed by atoms with Crippen LogP contribution in [0.15, 0.2) is 28.7 Å². The largest absolute Gasteiger partial charge is 0.455 e. The maximum Gasteiger partial charge on any atom is 0.291 e. The van der Waals surface area contributed by atoms with Crippen molar-refractivity contribution in [2.45, 2.75) is 46.5 Å². The summed E-state index contributed by atoms with van der Waals surface area (Å²) in [6.45, 7) is 7.92. The second-order valence-corrected chi connectivity index (χ2v) is 8.46. The third kappa shape index (κ3) is 3.27. The fourth-order valence-corrected chi connectivity index (χ4v) is 4.29. The Kier molecular flexibility index (Phi) is 4.33. The van der Waals surface area contributed by atoms with E-state index < -0.39 is 0 Å². The van der Waals surface area contributed by atoms with Crippen molar-refractivity contribution in [3.8, 4) is 0 Å². The Hall–Kier alpha value is -2.56. The van der Waals surface area contributed by atoms with Crippen molar-refractivity contribution in [2.24, 2.45) is 5.41 Å². The molecular formula is C22H26N2O3. The van der Waals surface area contributed by atoms with Gasteiger partial charge in [0.25, 0.3) is 5.91 Å². The normalized spacial score (nSPS) is 18.5. The molecule has 1 aromatic carbocycles. The van der Waals surface area contributed by atoms with Gasteiger partial charge in [-0.15, -0.1) is 0 Å². The van der Waals surface area contributed by atoms with E-state index >= 15 is 0 Å². The van der Waals surface area contributed by atoms with Gasteiger partial charge in [0.15, 0.2) is 11.5 Å². The van der Waals surface area contributed by atoms with E-state index in [1.54, 1.807) is 6.92 Å². The van der Waals surface area contributed by atoms with Gasteiger partial charge in [-0.3, -0.25) is 9.59 Å². The van der Waals surface area contributed by atoms with Gasteiger partial charge in [0.2, 0.25) is 0 Å². The maximum absolute atomic E-state index is 13.0. The van der Waals surface area contributed by atoms with Crippen LogP contribution in [0.5, 0.6) is 0 Å². The molecule has 0 saturated carbocycles. The molecule has 0 unspecified atom stereocenters. The lowest BCUT2D eigenvalue weighted by atomic mass is 9.76. The van der Waals surface area contributed by atoms with Crippen molar-refractivity contribution in [3.05, 3.63) is 46.9 Å². The number of amides is 1. The smallest absolute Gasteiger partial charge is 0.291 e. The molecule has 2 aromatic rings. The number of rotatable bonds is 3. The molecule has 1 fully saturated rings. The minimum absolute atomic E-state index is 0.0685. The third-order valence-corrected chi connectivity index (χ3v) is 5.58. The van der Waals surface area contributed by atoms with Gasteiger partial charge in [0.1, 0.15) is 5.76 Å². The first kappa shape index (κ1) is 17.8. The highest BCUT2D eigenvalue weighted by atomic mass is 16.4. The van der Waals surface area contributed by atoms with E-state index in [1.165, 1.54) is 12.8 Å². The maximum atomic E-state index is 13.0. The molecule has 2 heterocycles. The predicted molar refractivity (Wildman–Crippen MR) is 106 cm³/mol. The van der Waals surface area contributed by atoms with E-state index in [9.17, 15) is 9.59 Å². The van der Waals surface area contributed by atoms with Crippen LogP contribution in [-0.2, 0) is 6.42 Å². The van der Waals surface area contributed by atoms with E-state index in [-0.39, 0.29) is 22.9 Å². The number of nitrogens with one attached hydrogen (secondary N) is 1. The molecule has 5 heteroatoms. The molecule has 142 valence electrons. The summed E-state index contributed by atoms with van der Waals surface area (Å²) in [6, 6.07) is 7.85. The van der Waals surface area contributed by atoms with Crippen LogP contribution in [0.2, 0.25) is 0 Å². The SMILES string of the molecule is Cc1c(C(=O)Nc2ccccc2N2CCCC2)oc2c1C(=O)CC(C)(C)C2. The number of hydrogen-bond donors (Lipinski definition) is 1. The van der Waals surface area contributed by atoms with E-state index in [4.69, 9.17) is 4.42 Å². The molecule has 0 atom stereocenters. The van der Waals surface area contributed by atoms with Crippen LogP contribution in [0, 0.1) is 12.3 Å². The molecule has 1 N–H and O–H groups in total. The molecule has 5 nitrogen and oxygen atoms in total. The summed E-state index contributed by atoms with van der Waals surface area (Å²) < 4.78 is 5.90. The number of fused-ring (bicyclic) bond motifs is 1. The van der Waals surface area contributed by atoms with Crippen LogP contribution in [0.3, 0.4) is 0 Å². The molecule has 4 rings (SSSR count). The summed E-state index contributed by atoms with van der Waals surface area (Å²) in [5.41, 5.74) is 2.94. The van der Waals surface area contributed by atoms with Crippen LogP contribution in [-0.4, -0.2) is 24.8 Å². The van der Waals surface area contributed by atoms with Gasteiger partial charge in [0.05, 0.1) is 16.9 Å². The number of anilines is 2. The van der Waals surface area contributed by atoms with E-state index in [2.05, 4.69) is 24.1 Å². The quantitative estimate of drug-likeness (QED) is 0.863. The van der Waals surface area contributed by atoms with Gasteiger partial charge in [-0.25, -0.2) is 0 Å². The standard InChI is InChI=1S/C22H26N2O3/c1-14-19-17(25)12-22(2,3)13-18(19)27-20(14)21(26)23-15-8-4-5-9-16(15)24-10-6-7-11-24/h4-5,8-9H,6-7,10-13H2,1-3H3,(H,23,26). The summed E-state index contributed by atoms with van der Waals surface area (Å²) in [4.78, 5) is 27.8. The number of para-hydroxylation sites is 2. The molecular weight excluding hydrogens is 340 g/mol. The van der Waals surface area contributed by atoms with E-state index in [0.717, 1.165) is 24.5 Å². The van der Waals surface area contributed by atoms with Crippen LogP contribution < -0.4 is 10.2 Å². The number of carbonyl (C=O) groups excluding carboxylic acids is 2. The molecule has 2 aliphatic rings. The Bertz CT molecular complexity index is 904. The first-order valence-corrected chi connectivity index (χ1v) is 9.66. The predicted octanol–water partition coefficient (Wildman–Crippen LogP) is 4.60. The van der Waals surface area contributed by atoms with Crippen LogP contribution in [0.4, 0.5) is 11.4 Å². The first-order valence-electron chi connectivity index (χ1n) is 9.66. The van der Waals surface area contributed by atoms with E-state index in [0.29, 0.717) is 29.7 Å². The van der Waals surface area contributed by atoms with Gasteiger partial charge in [0, 0.05) is 31.5 Å². The zero-order valence-electron chi connectivity index (χ0n) is 16.2. The number of ketones is 1. The molecule has 1 aliphatic heterocycles. The minimum Gasteiger partial charge on any atom is -0.455 e. The van der Waals surface area contributed by atoms with Crippen molar-refractivity contribution >= 4 is 23.1 Å². The Morgan fingerprint density at radius 1 is 1.15 bits per heavy atom. The van der Waals surface area contributed by atoms with Gasteiger partial charge >= 0.3 is 0 Å². The lowest BCUT2D eigenvalue weighted by Crippen LogP contribution is -2.26. The number of carbonyl (C=O) groups is 2. The zero-order chi connectivity index (χ0) is 19.2. The summed E-state index contributed by atoms with van der Waals surface area (Å²) in [5, 5.41) is 3.00. The minimum atomic E-state index is -0.292. The topological polar surface area (TPSA) is 62.6 Å². The molecule has 0 spiro atoms. The van der Waals surface area contributed by atoms with Crippen LogP contribution in [0.25, 0.3) is 0 Å². The number of nitrogens with zero attached hydrogens (tertiary/aromatic N) is 1. The van der Waals surface area contributed by atoms with Crippen molar-refractivity contribution in [2.75, 3.05) is 23.3 Å². The third-order valence-electron chi connectivity index (χ3n) is 5.58. The van der Waals surface area contributed by atoms with Gasteiger partial charge in [-0.2, -0.15) is 0 Å². The molecule has 27 heavy (non-hydrogen) atoms. The molecule has 1 amide bonds. The Labute approximate surface area is 159 Å². The summed E-state index contributed by atoms with van der Waals surface area (Å²) in [5.74, 6) is 0.673. The first-order chi connectivity index (χ1) is 12.9. The summed E-state index contributed by atoms with van der Waals surface area (Å²) in [7, 11) is 0. The number of hydrogen-bond acceptors (Lipinski definition) is 4. The molecule has 1 aliphatic carbocycles. The van der Waals surface area contributed by atoms with Crippen molar-refractivity contribution < 1.29 is 14.0 Å². The second kappa shape index (κ2) is 6.55. The zero-order valence-corrected chi connectivity index (χ0v) is 16.2. The Morgan fingerprint density at radius 2 is 1.85 bits per heavy atom. The van der Waals surface area contributed by atoms with Crippen molar-refractivity contribution in [1.82, 2.24) is 0 Å². The Balaban J connectivity index is 1.63.